The monoisotopic (exact) mass is 531 g/mol. The highest BCUT2D eigenvalue weighted by atomic mass is 35.5. The molecule has 1 aliphatic heterocycles. The van der Waals surface area contributed by atoms with Crippen LogP contribution >= 0.6 is 11.6 Å². The van der Waals surface area contributed by atoms with Crippen molar-refractivity contribution in [2.45, 2.75) is 37.4 Å². The van der Waals surface area contributed by atoms with Crippen molar-refractivity contribution >= 4 is 46.0 Å². The Kier molecular flexibility index (Phi) is 6.06. The molecule has 0 spiro atoms. The molecule has 1 aliphatic rings. The van der Waals surface area contributed by atoms with Gasteiger partial charge in [0.1, 0.15) is 17.3 Å². The fourth-order valence-corrected chi connectivity index (χ4v) is 4.16. The van der Waals surface area contributed by atoms with Crippen molar-refractivity contribution in [3.05, 3.63) is 28.8 Å². The molecule has 2 amide bonds. The summed E-state index contributed by atoms with van der Waals surface area (Å²) in [5.74, 6) is -6.08. The van der Waals surface area contributed by atoms with Gasteiger partial charge in [-0.25, -0.2) is 9.97 Å². The van der Waals surface area contributed by atoms with Crippen LogP contribution in [0.4, 0.5) is 33.6 Å². The molecule has 3 N–H and O–H groups in total. The number of rotatable bonds is 6. The van der Waals surface area contributed by atoms with Gasteiger partial charge in [-0.3, -0.25) is 14.3 Å². The van der Waals surface area contributed by atoms with E-state index < -0.39 is 42.3 Å². The molecule has 0 fully saturated rings. The molecule has 9 nitrogen and oxygen atoms in total. The second kappa shape index (κ2) is 8.54. The zero-order chi connectivity index (χ0) is 26.6. The number of benzene rings is 1. The minimum absolute atomic E-state index is 0.0284. The summed E-state index contributed by atoms with van der Waals surface area (Å²) < 4.78 is 66.2. The fraction of sp³-hybridized carbons (Fsp3) is 0.381. The van der Waals surface area contributed by atoms with Crippen LogP contribution in [0.1, 0.15) is 18.9 Å². The van der Waals surface area contributed by atoms with Gasteiger partial charge in [0.25, 0.3) is 0 Å². The van der Waals surface area contributed by atoms with E-state index in [9.17, 15) is 31.5 Å². The number of anilines is 2. The number of alkyl halides is 5. The number of carbonyl (C=O) groups is 2. The first-order valence-electron chi connectivity index (χ1n) is 10.5. The predicted octanol–water partition coefficient (Wildman–Crippen LogP) is 3.73. The molecule has 36 heavy (non-hydrogen) atoms. The molecule has 0 radical (unpaired) electrons. The van der Waals surface area contributed by atoms with Crippen LogP contribution < -0.4 is 16.0 Å². The van der Waals surface area contributed by atoms with E-state index in [0.717, 1.165) is 4.68 Å². The maximum absolute atomic E-state index is 13.6. The quantitative estimate of drug-likeness (QED) is 0.330. The van der Waals surface area contributed by atoms with Crippen molar-refractivity contribution in [3.63, 3.8) is 0 Å². The van der Waals surface area contributed by atoms with E-state index in [0.29, 0.717) is 5.39 Å². The van der Waals surface area contributed by atoms with E-state index in [1.54, 1.807) is 0 Å². The van der Waals surface area contributed by atoms with Crippen molar-refractivity contribution in [3.8, 4) is 11.5 Å². The normalized spacial score (nSPS) is 17.8. The summed E-state index contributed by atoms with van der Waals surface area (Å²) in [4.78, 5) is 34.0. The van der Waals surface area contributed by atoms with Gasteiger partial charge in [0.05, 0.1) is 11.1 Å². The Bertz CT molecular complexity index is 1390. The average Bonchev–Trinajstić information content (AvgIpc) is 3.30. The maximum Gasteiger partial charge on any atom is 0.453 e. The molecule has 192 valence electrons. The molecule has 3 aromatic rings. The SMILES string of the molecule is CNC(=O)C1(C)C(=O)Nc2nc(-c3nn(CCC(F)(F)C(F)(F)F)c4cc(Cl)ccc34)nc(NC)c21. The number of hydrogen-bond donors (Lipinski definition) is 3. The smallest absolute Gasteiger partial charge is 0.373 e. The third-order valence-corrected chi connectivity index (χ3v) is 6.23. The number of aromatic nitrogens is 4. The minimum Gasteiger partial charge on any atom is -0.373 e. The summed E-state index contributed by atoms with van der Waals surface area (Å²) in [6.45, 7) is 0.627. The van der Waals surface area contributed by atoms with Crippen molar-refractivity contribution in [2.24, 2.45) is 0 Å². The van der Waals surface area contributed by atoms with Crippen molar-refractivity contribution in [2.75, 3.05) is 24.7 Å². The zero-order valence-electron chi connectivity index (χ0n) is 19.0. The molecule has 0 aliphatic carbocycles. The minimum atomic E-state index is -5.71. The van der Waals surface area contributed by atoms with Gasteiger partial charge >= 0.3 is 12.1 Å². The van der Waals surface area contributed by atoms with Gasteiger partial charge in [-0.05, 0) is 25.1 Å². The highest BCUT2D eigenvalue weighted by Crippen LogP contribution is 2.43. The van der Waals surface area contributed by atoms with Crippen LogP contribution in [0.25, 0.3) is 22.4 Å². The van der Waals surface area contributed by atoms with Crippen molar-refractivity contribution < 1.29 is 31.5 Å². The lowest BCUT2D eigenvalue weighted by Crippen LogP contribution is -2.46. The predicted molar refractivity (Wildman–Crippen MR) is 121 cm³/mol. The number of nitrogens with zero attached hydrogens (tertiary/aromatic N) is 4. The third-order valence-electron chi connectivity index (χ3n) is 5.99. The Morgan fingerprint density at radius 2 is 1.89 bits per heavy atom. The van der Waals surface area contributed by atoms with E-state index in [4.69, 9.17) is 11.6 Å². The van der Waals surface area contributed by atoms with E-state index in [1.165, 1.54) is 39.2 Å². The van der Waals surface area contributed by atoms with Crippen LogP contribution in [0.5, 0.6) is 0 Å². The highest BCUT2D eigenvalue weighted by Gasteiger charge is 2.57. The Hall–Kier alpha value is -3.55. The summed E-state index contributed by atoms with van der Waals surface area (Å²) in [6.07, 6.45) is -7.26. The van der Waals surface area contributed by atoms with Crippen molar-refractivity contribution in [1.29, 1.82) is 0 Å². The van der Waals surface area contributed by atoms with Gasteiger partial charge in [0.2, 0.25) is 11.8 Å². The number of nitrogens with one attached hydrogen (secondary N) is 3. The van der Waals surface area contributed by atoms with Gasteiger partial charge in [0.15, 0.2) is 11.2 Å². The number of halogens is 6. The molecular weight excluding hydrogens is 513 g/mol. The first-order valence-corrected chi connectivity index (χ1v) is 10.9. The number of likely N-dealkylation sites (N-methyl/N-ethyl adjacent to an activating group) is 1. The third kappa shape index (κ3) is 3.88. The summed E-state index contributed by atoms with van der Waals surface area (Å²) in [7, 11) is 2.88. The van der Waals surface area contributed by atoms with Crippen LogP contribution in [0, 0.1) is 0 Å². The second-order valence-corrected chi connectivity index (χ2v) is 8.65. The molecule has 0 bridgehead atoms. The Labute approximate surface area is 205 Å². The van der Waals surface area contributed by atoms with Crippen LogP contribution in [0.15, 0.2) is 18.2 Å². The first kappa shape index (κ1) is 25.5. The van der Waals surface area contributed by atoms with Gasteiger partial charge in [-0.2, -0.15) is 27.1 Å². The fourth-order valence-electron chi connectivity index (χ4n) is 4.00. The van der Waals surface area contributed by atoms with Gasteiger partial charge in [0, 0.05) is 37.5 Å². The van der Waals surface area contributed by atoms with E-state index >= 15 is 0 Å². The number of carbonyl (C=O) groups excluding carboxylic acids is 2. The number of fused-ring (bicyclic) bond motifs is 2. The van der Waals surface area contributed by atoms with E-state index in [-0.39, 0.29) is 39.3 Å². The molecule has 1 atom stereocenters. The van der Waals surface area contributed by atoms with Crippen LogP contribution in [0.3, 0.4) is 0 Å². The maximum atomic E-state index is 13.6. The molecule has 1 aromatic carbocycles. The topological polar surface area (TPSA) is 114 Å². The molecule has 0 saturated carbocycles. The van der Waals surface area contributed by atoms with Crippen molar-refractivity contribution in [1.82, 2.24) is 25.1 Å². The van der Waals surface area contributed by atoms with Gasteiger partial charge < -0.3 is 16.0 Å². The lowest BCUT2D eigenvalue weighted by molar-refractivity contribution is -0.285. The second-order valence-electron chi connectivity index (χ2n) is 8.21. The summed E-state index contributed by atoms with van der Waals surface area (Å²) >= 11 is 6.03. The largest absolute Gasteiger partial charge is 0.453 e. The number of aryl methyl sites for hydroxylation is 1. The molecule has 1 unspecified atom stereocenters. The summed E-state index contributed by atoms with van der Waals surface area (Å²) in [6, 6.07) is 4.36. The molecule has 4 rings (SSSR count). The summed E-state index contributed by atoms with van der Waals surface area (Å²) in [5, 5.41) is 12.5. The van der Waals surface area contributed by atoms with Gasteiger partial charge in [-0.15, -0.1) is 0 Å². The van der Waals surface area contributed by atoms with Gasteiger partial charge in [-0.1, -0.05) is 11.6 Å². The summed E-state index contributed by atoms with van der Waals surface area (Å²) in [5.41, 5.74) is -1.21. The molecule has 2 aromatic heterocycles. The van der Waals surface area contributed by atoms with E-state index in [2.05, 4.69) is 31.0 Å². The standard InChI is InChI=1S/C21H19ClF5N7O2/c1-19(17(35)29-3)12-14(28-2)30-16(31-15(12)32-18(19)36)13-10-5-4-9(22)8-11(10)34(33-13)7-6-20(23,24)21(25,26)27/h4-5,8H,6-7H2,1-3H3,(H,29,35)(H2,28,30,31,32,36). The molecule has 15 heteroatoms. The highest BCUT2D eigenvalue weighted by molar-refractivity contribution is 6.31. The Balaban J connectivity index is 1.85. The molecular formula is C21H19ClF5N7O2. The van der Waals surface area contributed by atoms with Crippen LogP contribution in [0.2, 0.25) is 5.02 Å². The van der Waals surface area contributed by atoms with E-state index in [1.807, 2.05) is 0 Å². The van der Waals surface area contributed by atoms with Crippen LogP contribution in [-0.2, 0) is 21.5 Å². The lowest BCUT2D eigenvalue weighted by atomic mass is 9.83. The average molecular weight is 532 g/mol. The Morgan fingerprint density at radius 1 is 1.19 bits per heavy atom. The number of amides is 2. The first-order chi connectivity index (χ1) is 16.7. The zero-order valence-corrected chi connectivity index (χ0v) is 19.8. The van der Waals surface area contributed by atoms with Crippen LogP contribution in [-0.4, -0.2) is 57.8 Å². The molecule has 0 saturated heterocycles. The molecule has 3 heterocycles. The number of hydrogen-bond acceptors (Lipinski definition) is 6. The lowest BCUT2D eigenvalue weighted by Gasteiger charge is -2.21. The Morgan fingerprint density at radius 3 is 2.50 bits per heavy atom.